The number of nitrogens with one attached hydrogen (secondary N) is 3. The Bertz CT molecular complexity index is 1180. The Balaban J connectivity index is 1.22. The largest absolute Gasteiger partial charge is 0.347 e. The molecule has 4 bridgehead atoms. The molecule has 0 atom stereocenters. The highest BCUT2D eigenvalue weighted by atomic mass is 16.2. The van der Waals surface area contributed by atoms with Gasteiger partial charge < -0.3 is 15.6 Å². The van der Waals surface area contributed by atoms with E-state index in [1.54, 1.807) is 0 Å². The molecule has 4 aliphatic rings. The minimum atomic E-state index is -0.0964. The van der Waals surface area contributed by atoms with Crippen LogP contribution in [0.5, 0.6) is 0 Å². The fourth-order valence-electron chi connectivity index (χ4n) is 6.78. The van der Waals surface area contributed by atoms with Gasteiger partial charge in [0.15, 0.2) is 0 Å². The molecule has 0 aliphatic heterocycles. The molecule has 2 amide bonds. The third kappa shape index (κ3) is 3.48. The molecule has 4 aliphatic carbocycles. The molecule has 0 unspecified atom stereocenters. The summed E-state index contributed by atoms with van der Waals surface area (Å²) >= 11 is 0. The molecular weight excluding hydrogens is 400 g/mol. The van der Waals surface area contributed by atoms with Crippen molar-refractivity contribution in [3.05, 3.63) is 48.0 Å². The maximum Gasteiger partial charge on any atom is 0.251 e. The predicted molar refractivity (Wildman–Crippen MR) is 124 cm³/mol. The van der Waals surface area contributed by atoms with Crippen molar-refractivity contribution in [2.75, 3.05) is 5.32 Å². The monoisotopic (exact) mass is 428 g/mol. The second-order valence-electron chi connectivity index (χ2n) is 10.2. The SMILES string of the molecule is CC(=O)Nc1ccc(-c2nc3ccc(C(=O)NC45CC6CC(CC(C6)C4)C5)cc3[nH]2)cc1. The van der Waals surface area contributed by atoms with E-state index in [4.69, 9.17) is 0 Å². The number of aromatic amines is 1. The molecule has 164 valence electrons. The zero-order chi connectivity index (χ0) is 21.9. The first-order valence-corrected chi connectivity index (χ1v) is 11.6. The van der Waals surface area contributed by atoms with Gasteiger partial charge in [-0.25, -0.2) is 4.98 Å². The Kier molecular flexibility index (Phi) is 4.39. The number of nitrogens with zero attached hydrogens (tertiary/aromatic N) is 1. The van der Waals surface area contributed by atoms with Gasteiger partial charge in [-0.2, -0.15) is 0 Å². The van der Waals surface area contributed by atoms with Gasteiger partial charge in [0, 0.05) is 29.3 Å². The lowest BCUT2D eigenvalue weighted by Crippen LogP contribution is -2.59. The lowest BCUT2D eigenvalue weighted by atomic mass is 9.53. The number of aromatic nitrogens is 2. The van der Waals surface area contributed by atoms with Crippen LogP contribution in [0.25, 0.3) is 22.4 Å². The maximum absolute atomic E-state index is 13.2. The van der Waals surface area contributed by atoms with Crippen molar-refractivity contribution in [2.45, 2.75) is 51.0 Å². The van der Waals surface area contributed by atoms with Crippen molar-refractivity contribution in [3.63, 3.8) is 0 Å². The topological polar surface area (TPSA) is 86.9 Å². The van der Waals surface area contributed by atoms with E-state index in [0.717, 1.165) is 65.1 Å². The summed E-state index contributed by atoms with van der Waals surface area (Å²) in [6, 6.07) is 13.3. The maximum atomic E-state index is 13.2. The van der Waals surface area contributed by atoms with Crippen molar-refractivity contribution in [1.82, 2.24) is 15.3 Å². The Labute approximate surface area is 187 Å². The minimum absolute atomic E-state index is 0.00951. The number of imidazole rings is 1. The lowest BCUT2D eigenvalue weighted by molar-refractivity contribution is -0.114. The van der Waals surface area contributed by atoms with Gasteiger partial charge in [0.1, 0.15) is 5.82 Å². The van der Waals surface area contributed by atoms with Gasteiger partial charge in [0.25, 0.3) is 5.91 Å². The summed E-state index contributed by atoms with van der Waals surface area (Å²) in [5.74, 6) is 3.09. The van der Waals surface area contributed by atoms with Crippen LogP contribution in [0.4, 0.5) is 5.69 Å². The molecule has 0 spiro atoms. The second-order valence-corrected chi connectivity index (χ2v) is 10.2. The van der Waals surface area contributed by atoms with Crippen LogP contribution >= 0.6 is 0 Å². The first-order valence-electron chi connectivity index (χ1n) is 11.6. The van der Waals surface area contributed by atoms with E-state index in [-0.39, 0.29) is 17.4 Å². The molecule has 3 N–H and O–H groups in total. The molecule has 4 fully saturated rings. The highest BCUT2D eigenvalue weighted by Crippen LogP contribution is 2.55. The van der Waals surface area contributed by atoms with E-state index in [1.165, 1.54) is 26.2 Å². The molecule has 0 saturated heterocycles. The van der Waals surface area contributed by atoms with Crippen LogP contribution in [0.15, 0.2) is 42.5 Å². The highest BCUT2D eigenvalue weighted by molar-refractivity contribution is 5.98. The van der Waals surface area contributed by atoms with E-state index in [0.29, 0.717) is 5.56 Å². The molecular formula is C26H28N4O2. The van der Waals surface area contributed by atoms with E-state index in [2.05, 4.69) is 20.6 Å². The zero-order valence-electron chi connectivity index (χ0n) is 18.3. The van der Waals surface area contributed by atoms with Crippen LogP contribution in [-0.2, 0) is 4.79 Å². The third-order valence-corrected chi connectivity index (χ3v) is 7.64. The fraction of sp³-hybridized carbons (Fsp3) is 0.423. The summed E-state index contributed by atoms with van der Waals surface area (Å²) in [5.41, 5.74) is 4.05. The van der Waals surface area contributed by atoms with Gasteiger partial charge in [-0.05, 0) is 98.7 Å². The number of hydrogen-bond donors (Lipinski definition) is 3. The highest BCUT2D eigenvalue weighted by Gasteiger charge is 2.51. The molecule has 1 heterocycles. The lowest BCUT2D eigenvalue weighted by Gasteiger charge is -2.56. The number of hydrogen-bond acceptors (Lipinski definition) is 3. The van der Waals surface area contributed by atoms with Crippen LogP contribution in [0.2, 0.25) is 0 Å². The van der Waals surface area contributed by atoms with Crippen LogP contribution in [0.1, 0.15) is 55.8 Å². The number of H-pyrrole nitrogens is 1. The van der Waals surface area contributed by atoms with E-state index in [9.17, 15) is 9.59 Å². The van der Waals surface area contributed by atoms with Crippen LogP contribution in [-0.4, -0.2) is 27.3 Å². The van der Waals surface area contributed by atoms with Gasteiger partial charge in [0.05, 0.1) is 11.0 Å². The Hall–Kier alpha value is -3.15. The summed E-state index contributed by atoms with van der Waals surface area (Å²) in [7, 11) is 0. The number of anilines is 1. The van der Waals surface area contributed by atoms with E-state index in [1.807, 2.05) is 42.5 Å². The Morgan fingerprint density at radius 3 is 2.25 bits per heavy atom. The summed E-state index contributed by atoms with van der Waals surface area (Å²) in [6.07, 6.45) is 7.54. The number of fused-ring (bicyclic) bond motifs is 1. The third-order valence-electron chi connectivity index (χ3n) is 7.64. The molecule has 6 nitrogen and oxygen atoms in total. The first kappa shape index (κ1) is 19.5. The average Bonchev–Trinajstić information content (AvgIpc) is 3.16. The molecule has 0 radical (unpaired) electrons. The molecule has 2 aromatic carbocycles. The summed E-state index contributed by atoms with van der Waals surface area (Å²) < 4.78 is 0. The number of rotatable bonds is 4. The van der Waals surface area contributed by atoms with Gasteiger partial charge >= 0.3 is 0 Å². The summed E-state index contributed by atoms with van der Waals surface area (Å²) in [4.78, 5) is 32.4. The van der Waals surface area contributed by atoms with Crippen molar-refractivity contribution in [1.29, 1.82) is 0 Å². The van der Waals surface area contributed by atoms with Crippen molar-refractivity contribution < 1.29 is 9.59 Å². The number of benzene rings is 2. The smallest absolute Gasteiger partial charge is 0.251 e. The van der Waals surface area contributed by atoms with E-state index < -0.39 is 0 Å². The van der Waals surface area contributed by atoms with Gasteiger partial charge in [-0.3, -0.25) is 9.59 Å². The molecule has 3 aromatic rings. The van der Waals surface area contributed by atoms with Crippen LogP contribution in [0.3, 0.4) is 0 Å². The van der Waals surface area contributed by atoms with Crippen LogP contribution in [0, 0.1) is 17.8 Å². The van der Waals surface area contributed by atoms with Crippen molar-refractivity contribution in [2.24, 2.45) is 17.8 Å². The van der Waals surface area contributed by atoms with Crippen LogP contribution < -0.4 is 10.6 Å². The van der Waals surface area contributed by atoms with Gasteiger partial charge in [-0.1, -0.05) is 0 Å². The normalized spacial score (nSPS) is 28.1. The Morgan fingerprint density at radius 2 is 1.62 bits per heavy atom. The molecule has 32 heavy (non-hydrogen) atoms. The fourth-order valence-corrected chi connectivity index (χ4v) is 6.78. The number of carbonyl (C=O) groups excluding carboxylic acids is 2. The van der Waals surface area contributed by atoms with Gasteiger partial charge in [-0.15, -0.1) is 0 Å². The molecule has 6 heteroatoms. The quantitative estimate of drug-likeness (QED) is 0.553. The first-order chi connectivity index (χ1) is 15.4. The zero-order valence-corrected chi connectivity index (χ0v) is 18.3. The molecule has 7 rings (SSSR count). The van der Waals surface area contributed by atoms with Crippen molar-refractivity contribution in [3.8, 4) is 11.4 Å². The van der Waals surface area contributed by atoms with E-state index >= 15 is 0 Å². The Morgan fingerprint density at radius 1 is 0.969 bits per heavy atom. The molecule has 1 aromatic heterocycles. The average molecular weight is 429 g/mol. The molecule has 4 saturated carbocycles. The minimum Gasteiger partial charge on any atom is -0.347 e. The van der Waals surface area contributed by atoms with Crippen molar-refractivity contribution >= 4 is 28.5 Å². The second kappa shape index (κ2) is 7.19. The number of carbonyl (C=O) groups is 2. The predicted octanol–water partition coefficient (Wildman–Crippen LogP) is 4.89. The standard InChI is InChI=1S/C26H28N4O2/c1-15(31)27-21-5-2-19(3-6-21)24-28-22-7-4-20(11-23(22)29-24)25(32)30-26-12-16-8-17(13-26)10-18(9-16)14-26/h2-7,11,16-18H,8-10,12-14H2,1H3,(H,27,31)(H,28,29)(H,30,32). The summed E-state index contributed by atoms with van der Waals surface area (Å²) in [5, 5.41) is 6.23. The summed E-state index contributed by atoms with van der Waals surface area (Å²) in [6.45, 7) is 1.49. The number of amides is 2. The van der Waals surface area contributed by atoms with Gasteiger partial charge in [0.2, 0.25) is 5.91 Å².